The first-order valence-electron chi connectivity index (χ1n) is 9.67. The molecule has 1 amide bonds. The molecule has 0 aliphatic rings. The van der Waals surface area contributed by atoms with Crippen LogP contribution in [0.4, 0.5) is 4.39 Å². The van der Waals surface area contributed by atoms with Gasteiger partial charge in [0, 0.05) is 13.1 Å². The SMILES string of the molecule is COc1cccc(CC(=O)NCCCn2c(=O)c3cccc(F)c3n3c(=S)[nH]nc23)c1. The summed E-state index contributed by atoms with van der Waals surface area (Å²) < 4.78 is 22.6. The molecular formula is C21H20FN5O3S. The maximum absolute atomic E-state index is 14.4. The predicted molar refractivity (Wildman–Crippen MR) is 116 cm³/mol. The van der Waals surface area contributed by atoms with E-state index in [0.717, 1.165) is 5.56 Å². The molecule has 0 saturated heterocycles. The van der Waals surface area contributed by atoms with Crippen molar-refractivity contribution in [2.24, 2.45) is 0 Å². The summed E-state index contributed by atoms with van der Waals surface area (Å²) in [5.74, 6) is 0.247. The number of benzene rings is 2. The number of aryl methyl sites for hydroxylation is 1. The maximum atomic E-state index is 14.4. The lowest BCUT2D eigenvalue weighted by molar-refractivity contribution is -0.120. The average molecular weight is 441 g/mol. The van der Waals surface area contributed by atoms with Crippen molar-refractivity contribution in [3.8, 4) is 5.75 Å². The Labute approximate surface area is 181 Å². The number of halogens is 1. The molecule has 0 aliphatic heterocycles. The lowest BCUT2D eigenvalue weighted by atomic mass is 10.1. The molecule has 0 saturated carbocycles. The fourth-order valence-electron chi connectivity index (χ4n) is 3.52. The van der Waals surface area contributed by atoms with Crippen LogP contribution in [0.2, 0.25) is 0 Å². The number of nitrogens with one attached hydrogen (secondary N) is 2. The fourth-order valence-corrected chi connectivity index (χ4v) is 3.74. The average Bonchev–Trinajstić information content (AvgIpc) is 3.14. The molecule has 4 aromatic rings. The van der Waals surface area contributed by atoms with Gasteiger partial charge >= 0.3 is 0 Å². The van der Waals surface area contributed by atoms with E-state index in [4.69, 9.17) is 17.0 Å². The van der Waals surface area contributed by atoms with Gasteiger partial charge in [-0.15, -0.1) is 5.10 Å². The van der Waals surface area contributed by atoms with Crippen LogP contribution in [-0.4, -0.2) is 38.7 Å². The third-order valence-corrected chi connectivity index (χ3v) is 5.24. The predicted octanol–water partition coefficient (Wildman–Crippen LogP) is 2.60. The molecule has 2 aromatic heterocycles. The van der Waals surface area contributed by atoms with Crippen molar-refractivity contribution < 1.29 is 13.9 Å². The smallest absolute Gasteiger partial charge is 0.262 e. The van der Waals surface area contributed by atoms with Gasteiger partial charge in [0.25, 0.3) is 5.56 Å². The Kier molecular flexibility index (Phi) is 5.81. The van der Waals surface area contributed by atoms with Crippen LogP contribution < -0.4 is 15.6 Å². The van der Waals surface area contributed by atoms with Crippen LogP contribution in [0.5, 0.6) is 5.75 Å². The lowest BCUT2D eigenvalue weighted by Gasteiger charge is -2.11. The first kappa shape index (κ1) is 20.7. The van der Waals surface area contributed by atoms with Crippen molar-refractivity contribution in [2.45, 2.75) is 19.4 Å². The number of para-hydroxylation sites is 1. The van der Waals surface area contributed by atoms with Crippen LogP contribution in [0.25, 0.3) is 16.7 Å². The molecule has 2 aromatic carbocycles. The van der Waals surface area contributed by atoms with E-state index in [1.165, 1.54) is 21.1 Å². The Morgan fingerprint density at radius 1 is 1.29 bits per heavy atom. The number of hydrogen-bond donors (Lipinski definition) is 2. The van der Waals surface area contributed by atoms with Crippen molar-refractivity contribution in [1.29, 1.82) is 0 Å². The molecule has 160 valence electrons. The highest BCUT2D eigenvalue weighted by atomic mass is 32.1. The van der Waals surface area contributed by atoms with Crippen LogP contribution in [0.3, 0.4) is 0 Å². The number of amides is 1. The zero-order valence-corrected chi connectivity index (χ0v) is 17.5. The van der Waals surface area contributed by atoms with Crippen LogP contribution in [-0.2, 0) is 17.8 Å². The van der Waals surface area contributed by atoms with Crippen LogP contribution in [0, 0.1) is 10.6 Å². The number of aromatic nitrogens is 4. The number of fused-ring (bicyclic) bond motifs is 3. The van der Waals surface area contributed by atoms with Crippen molar-refractivity contribution in [3.05, 3.63) is 69.0 Å². The van der Waals surface area contributed by atoms with E-state index >= 15 is 0 Å². The van der Waals surface area contributed by atoms with Gasteiger partial charge in [-0.3, -0.25) is 18.6 Å². The fraction of sp³-hybridized carbons (Fsp3) is 0.238. The van der Waals surface area contributed by atoms with Gasteiger partial charge in [-0.25, -0.2) is 9.49 Å². The molecule has 10 heteroatoms. The number of carbonyl (C=O) groups is 1. The summed E-state index contributed by atoms with van der Waals surface area (Å²) in [5, 5.41) is 9.78. The van der Waals surface area contributed by atoms with Gasteiger partial charge in [0.05, 0.1) is 24.4 Å². The van der Waals surface area contributed by atoms with Crippen LogP contribution >= 0.6 is 12.2 Å². The van der Waals surface area contributed by atoms with Crippen molar-refractivity contribution in [1.82, 2.24) is 24.5 Å². The van der Waals surface area contributed by atoms with Crippen molar-refractivity contribution in [3.63, 3.8) is 0 Å². The summed E-state index contributed by atoms with van der Waals surface area (Å²) >= 11 is 5.22. The Morgan fingerprint density at radius 3 is 2.90 bits per heavy atom. The Hall–Kier alpha value is -3.53. The van der Waals surface area contributed by atoms with Crippen molar-refractivity contribution >= 4 is 34.8 Å². The number of ether oxygens (including phenoxy) is 1. The minimum absolute atomic E-state index is 0.101. The van der Waals surface area contributed by atoms with Gasteiger partial charge in [0.2, 0.25) is 16.5 Å². The molecule has 31 heavy (non-hydrogen) atoms. The van der Waals surface area contributed by atoms with Gasteiger partial charge in [0.15, 0.2) is 0 Å². The molecule has 2 N–H and O–H groups in total. The van der Waals surface area contributed by atoms with E-state index in [2.05, 4.69) is 15.5 Å². The third-order valence-electron chi connectivity index (χ3n) is 4.96. The van der Waals surface area contributed by atoms with Gasteiger partial charge in [-0.1, -0.05) is 18.2 Å². The number of carbonyl (C=O) groups excluding carboxylic acids is 1. The second-order valence-electron chi connectivity index (χ2n) is 6.99. The van der Waals surface area contributed by atoms with E-state index < -0.39 is 5.82 Å². The quantitative estimate of drug-likeness (QED) is 0.340. The Balaban J connectivity index is 1.48. The molecule has 0 radical (unpaired) electrons. The number of rotatable bonds is 7. The second-order valence-corrected chi connectivity index (χ2v) is 7.38. The molecule has 0 fully saturated rings. The molecule has 4 rings (SSSR count). The summed E-state index contributed by atoms with van der Waals surface area (Å²) in [6.45, 7) is 0.654. The molecule has 0 unspecified atom stereocenters. The summed E-state index contributed by atoms with van der Waals surface area (Å²) in [4.78, 5) is 25.2. The molecule has 0 atom stereocenters. The van der Waals surface area contributed by atoms with Gasteiger partial charge < -0.3 is 10.1 Å². The van der Waals surface area contributed by atoms with Gasteiger partial charge in [0.1, 0.15) is 11.6 Å². The Morgan fingerprint density at radius 2 is 2.10 bits per heavy atom. The minimum atomic E-state index is -0.547. The first-order chi connectivity index (χ1) is 15.0. The topological polar surface area (TPSA) is 93.4 Å². The highest BCUT2D eigenvalue weighted by Gasteiger charge is 2.16. The molecule has 0 aliphatic carbocycles. The van der Waals surface area contributed by atoms with Crippen molar-refractivity contribution in [2.75, 3.05) is 13.7 Å². The summed E-state index contributed by atoms with van der Waals surface area (Å²) in [6, 6.07) is 11.6. The second kappa shape index (κ2) is 8.68. The van der Waals surface area contributed by atoms with E-state index in [9.17, 15) is 14.0 Å². The van der Waals surface area contributed by atoms with Gasteiger partial charge in [-0.05, 0) is 48.5 Å². The zero-order chi connectivity index (χ0) is 22.0. The number of hydrogen-bond acceptors (Lipinski definition) is 5. The monoisotopic (exact) mass is 441 g/mol. The Bertz CT molecular complexity index is 1390. The highest BCUT2D eigenvalue weighted by molar-refractivity contribution is 7.71. The number of H-pyrrole nitrogens is 1. The zero-order valence-electron chi connectivity index (χ0n) is 16.7. The van der Waals surface area contributed by atoms with E-state index in [1.807, 2.05) is 24.3 Å². The summed E-state index contributed by atoms with van der Waals surface area (Å²) in [7, 11) is 1.58. The molecular weight excluding hydrogens is 421 g/mol. The van der Waals surface area contributed by atoms with Gasteiger partial charge in [-0.2, -0.15) is 0 Å². The van der Waals surface area contributed by atoms with E-state index in [1.54, 1.807) is 13.2 Å². The number of nitrogens with zero attached hydrogens (tertiary/aromatic N) is 3. The lowest BCUT2D eigenvalue weighted by Crippen LogP contribution is -2.29. The van der Waals surface area contributed by atoms with E-state index in [0.29, 0.717) is 18.7 Å². The molecule has 0 bridgehead atoms. The largest absolute Gasteiger partial charge is 0.497 e. The highest BCUT2D eigenvalue weighted by Crippen LogP contribution is 2.17. The molecule has 2 heterocycles. The first-order valence-corrected chi connectivity index (χ1v) is 10.1. The number of methoxy groups -OCH3 is 1. The molecule has 8 nitrogen and oxygen atoms in total. The summed E-state index contributed by atoms with van der Waals surface area (Å²) in [5.41, 5.74) is 0.583. The van der Waals surface area contributed by atoms with E-state index in [-0.39, 0.29) is 45.9 Å². The summed E-state index contributed by atoms with van der Waals surface area (Å²) in [6.07, 6.45) is 0.713. The number of aromatic amines is 1. The van der Waals surface area contributed by atoms with Crippen LogP contribution in [0.1, 0.15) is 12.0 Å². The normalized spacial score (nSPS) is 11.2. The minimum Gasteiger partial charge on any atom is -0.497 e. The van der Waals surface area contributed by atoms with Crippen LogP contribution in [0.15, 0.2) is 47.3 Å². The maximum Gasteiger partial charge on any atom is 0.262 e. The molecule has 0 spiro atoms. The third kappa shape index (κ3) is 4.06. The standard InChI is InChI=1S/C21H20FN5O3S/c1-30-14-6-2-5-13(11-14)12-17(28)23-9-4-10-26-19(29)15-7-3-8-16(22)18(15)27-20(26)24-25-21(27)31/h2-3,5-8,11H,4,9-10,12H2,1H3,(H,23,28)(H,25,31).